The minimum absolute atomic E-state index is 0. The molecular weight excluding hydrogens is 150 g/mol. The van der Waals surface area contributed by atoms with Gasteiger partial charge in [-0.3, -0.25) is 0 Å². The molecule has 0 saturated carbocycles. The third-order valence-corrected chi connectivity index (χ3v) is 0. The molecule has 0 aromatic carbocycles. The van der Waals surface area contributed by atoms with Crippen LogP contribution in [0.2, 0.25) is 0 Å². The van der Waals surface area contributed by atoms with Crippen molar-refractivity contribution in [1.29, 1.82) is 0 Å². The molecule has 0 fully saturated rings. The molecule has 4 heavy (non-hydrogen) atoms. The van der Waals surface area contributed by atoms with Crippen molar-refractivity contribution in [2.45, 2.75) is 0 Å². The summed E-state index contributed by atoms with van der Waals surface area (Å²) >= 11 is 0. The van der Waals surface area contributed by atoms with Crippen molar-refractivity contribution < 1.29 is 22.5 Å². The molecule has 0 aromatic rings. The van der Waals surface area contributed by atoms with Crippen LogP contribution in [0.25, 0.3) is 0 Å². The van der Waals surface area contributed by atoms with Crippen molar-refractivity contribution >= 4 is 24.8 Å². The van der Waals surface area contributed by atoms with Gasteiger partial charge in [0.1, 0.15) is 0 Å². The molecule has 0 spiro atoms. The van der Waals surface area contributed by atoms with E-state index in [-0.39, 0.29) is 47.4 Å². The Morgan fingerprint density at radius 2 is 0.750 bits per heavy atom. The van der Waals surface area contributed by atoms with E-state index in [1.165, 1.54) is 0 Å². The van der Waals surface area contributed by atoms with Crippen LogP contribution >= 0.6 is 24.8 Å². The third-order valence-electron chi connectivity index (χ3n) is 0. The Morgan fingerprint density at radius 3 is 0.750 bits per heavy atom. The van der Waals surface area contributed by atoms with Gasteiger partial charge in [0.25, 0.3) is 0 Å². The SMILES string of the molecule is Cl.Cl.O.[Cu]. The minimum atomic E-state index is 0. The average molecular weight is 154 g/mol. The monoisotopic (exact) mass is 153 g/mol. The Morgan fingerprint density at radius 1 is 0.750 bits per heavy atom. The van der Waals surface area contributed by atoms with Crippen molar-refractivity contribution in [3.8, 4) is 0 Å². The van der Waals surface area contributed by atoms with Crippen LogP contribution in [0.3, 0.4) is 0 Å². The van der Waals surface area contributed by atoms with Crippen LogP contribution in [0.15, 0.2) is 0 Å². The molecular formula is H4Cl2CuO. The van der Waals surface area contributed by atoms with Crippen LogP contribution < -0.4 is 0 Å². The Balaban J connectivity index is 0. The van der Waals surface area contributed by atoms with Crippen molar-refractivity contribution in [2.75, 3.05) is 0 Å². The van der Waals surface area contributed by atoms with Gasteiger partial charge in [0.15, 0.2) is 0 Å². The molecule has 0 heterocycles. The van der Waals surface area contributed by atoms with Gasteiger partial charge in [-0.1, -0.05) is 0 Å². The van der Waals surface area contributed by atoms with Crippen LogP contribution in [0.5, 0.6) is 0 Å². The molecule has 0 saturated heterocycles. The van der Waals surface area contributed by atoms with Gasteiger partial charge >= 0.3 is 0 Å². The van der Waals surface area contributed by atoms with Gasteiger partial charge in [-0.05, 0) is 0 Å². The summed E-state index contributed by atoms with van der Waals surface area (Å²) < 4.78 is 0. The first-order valence-corrected chi connectivity index (χ1v) is 0. The number of rotatable bonds is 0. The molecule has 0 amide bonds. The van der Waals surface area contributed by atoms with Crippen molar-refractivity contribution in [3.05, 3.63) is 0 Å². The topological polar surface area (TPSA) is 31.5 Å². The number of halogens is 2. The zero-order valence-electron chi connectivity index (χ0n) is 1.62. The second-order valence-electron chi connectivity index (χ2n) is 0. The minimum Gasteiger partial charge on any atom is -0.412 e. The summed E-state index contributed by atoms with van der Waals surface area (Å²) in [5.41, 5.74) is 0. The number of hydrogen-bond donors (Lipinski definition) is 0. The predicted molar refractivity (Wildman–Crippen MR) is 18.1 cm³/mol. The molecule has 1 nitrogen and oxygen atoms in total. The summed E-state index contributed by atoms with van der Waals surface area (Å²) in [6.45, 7) is 0. The first-order valence-electron chi connectivity index (χ1n) is 0. The molecule has 0 atom stereocenters. The third kappa shape index (κ3) is 11.6. The smallest absolute Gasteiger partial charge is 0 e. The molecule has 0 unspecified atom stereocenters. The van der Waals surface area contributed by atoms with Gasteiger partial charge in [0.2, 0.25) is 0 Å². The van der Waals surface area contributed by atoms with Crippen LogP contribution in [-0.2, 0) is 17.1 Å². The fraction of sp³-hybridized carbons (Fsp3) is 0. The fourth-order valence-electron chi connectivity index (χ4n) is 0. The molecule has 4 heteroatoms. The predicted octanol–water partition coefficient (Wildman–Crippen LogP) is 0.0164. The van der Waals surface area contributed by atoms with Gasteiger partial charge in [-0.2, -0.15) is 0 Å². The quantitative estimate of drug-likeness (QED) is 0.441. The van der Waals surface area contributed by atoms with Crippen molar-refractivity contribution in [1.82, 2.24) is 0 Å². The van der Waals surface area contributed by atoms with Gasteiger partial charge in [-0.15, -0.1) is 24.8 Å². The Labute approximate surface area is 47.8 Å². The average Bonchev–Trinajstić information content (AvgIpc) is 0. The van der Waals surface area contributed by atoms with E-state index >= 15 is 0 Å². The van der Waals surface area contributed by atoms with E-state index in [1.807, 2.05) is 0 Å². The molecule has 0 aliphatic carbocycles. The summed E-state index contributed by atoms with van der Waals surface area (Å²) in [7, 11) is 0. The molecule has 0 aliphatic heterocycles. The maximum atomic E-state index is 0. The maximum Gasteiger partial charge on any atom is 0 e. The molecule has 0 aromatic heterocycles. The van der Waals surface area contributed by atoms with E-state index in [0.29, 0.717) is 0 Å². The van der Waals surface area contributed by atoms with Gasteiger partial charge < -0.3 is 5.48 Å². The largest absolute Gasteiger partial charge is 0.412 e. The first-order chi connectivity index (χ1) is 0. The Kier molecular flexibility index (Phi) is 629. The summed E-state index contributed by atoms with van der Waals surface area (Å²) in [6.07, 6.45) is 0. The second-order valence-corrected chi connectivity index (χ2v) is 0. The molecule has 0 bridgehead atoms. The Bertz CT molecular complexity index is 6.00. The zero-order chi connectivity index (χ0) is 0. The molecule has 0 rings (SSSR count). The number of hydrogen-bond acceptors (Lipinski definition) is 0. The van der Waals surface area contributed by atoms with Crippen molar-refractivity contribution in [2.24, 2.45) is 0 Å². The van der Waals surface area contributed by atoms with Crippen LogP contribution in [-0.4, -0.2) is 5.48 Å². The van der Waals surface area contributed by atoms with Crippen molar-refractivity contribution in [3.63, 3.8) is 0 Å². The van der Waals surface area contributed by atoms with Crippen LogP contribution in [0, 0.1) is 0 Å². The fourth-order valence-corrected chi connectivity index (χ4v) is 0. The normalized spacial score (nSPS) is 0. The van der Waals surface area contributed by atoms with E-state index in [0.717, 1.165) is 0 Å². The molecule has 0 aliphatic rings. The maximum absolute atomic E-state index is 0. The zero-order valence-corrected chi connectivity index (χ0v) is 4.19. The summed E-state index contributed by atoms with van der Waals surface area (Å²) in [5, 5.41) is 0. The summed E-state index contributed by atoms with van der Waals surface area (Å²) in [6, 6.07) is 0. The van der Waals surface area contributed by atoms with E-state index < -0.39 is 0 Å². The van der Waals surface area contributed by atoms with Gasteiger partial charge in [0, 0.05) is 17.1 Å². The molecule has 2 N–H and O–H groups in total. The van der Waals surface area contributed by atoms with E-state index in [9.17, 15) is 0 Å². The van der Waals surface area contributed by atoms with E-state index in [2.05, 4.69) is 0 Å². The first kappa shape index (κ1) is 74.3. The summed E-state index contributed by atoms with van der Waals surface area (Å²) in [4.78, 5) is 0. The molecule has 35 valence electrons. The van der Waals surface area contributed by atoms with Gasteiger partial charge in [-0.25, -0.2) is 0 Å². The van der Waals surface area contributed by atoms with E-state index in [4.69, 9.17) is 0 Å². The van der Waals surface area contributed by atoms with Gasteiger partial charge in [0.05, 0.1) is 0 Å². The van der Waals surface area contributed by atoms with E-state index in [1.54, 1.807) is 0 Å². The second kappa shape index (κ2) is 33.9. The summed E-state index contributed by atoms with van der Waals surface area (Å²) in [5.74, 6) is 0. The molecule has 1 radical (unpaired) electrons. The van der Waals surface area contributed by atoms with Crippen LogP contribution in [0.4, 0.5) is 0 Å². The van der Waals surface area contributed by atoms with Crippen LogP contribution in [0.1, 0.15) is 0 Å². The standard InChI is InChI=1S/2ClH.Cu.H2O/h2*1H;;1H2. The Hall–Kier alpha value is 1.06.